The second-order valence-electron chi connectivity index (χ2n) is 20.4. The predicted octanol–water partition coefficient (Wildman–Crippen LogP) is -11.2. The van der Waals surface area contributed by atoms with Crippen LogP contribution in [-0.4, -0.2) is 218 Å². The summed E-state index contributed by atoms with van der Waals surface area (Å²) in [4.78, 5) is 200. The topological polar surface area (TPSA) is 628 Å². The van der Waals surface area contributed by atoms with Crippen molar-refractivity contribution >= 4 is 88.7 Å². The molecule has 0 unspecified atom stereocenters. The molecule has 1 rings (SSSR count). The summed E-state index contributed by atoms with van der Waals surface area (Å²) in [6.07, 6.45) is 0.301. The average Bonchev–Trinajstić information content (AvgIpc) is 3.17. The molecule has 0 saturated carbocycles. The molecule has 482 valence electrons. The van der Waals surface area contributed by atoms with Crippen molar-refractivity contribution in [1.82, 2.24) is 68.5 Å². The Balaban J connectivity index is 3.30. The number of carbonyl (C=O) groups is 15. The van der Waals surface area contributed by atoms with E-state index < -0.39 is 207 Å². The zero-order valence-electron chi connectivity index (χ0n) is 48.1. The number of aliphatic hydroxyl groups excluding tert-OH is 3. The first kappa shape index (κ1) is 75.1. The number of primary amides is 3. The smallest absolute Gasteiger partial charge is 0.326 e. The molecule has 14 amide bonds. The number of aromatic nitrogens is 2. The van der Waals surface area contributed by atoms with Gasteiger partial charge in [0.15, 0.2) is 0 Å². The summed E-state index contributed by atoms with van der Waals surface area (Å²) < 4.78 is 0. The molecule has 0 aromatic carbocycles. The molecule has 0 aliphatic heterocycles. The van der Waals surface area contributed by atoms with Crippen molar-refractivity contribution in [3.8, 4) is 0 Å². The van der Waals surface area contributed by atoms with E-state index in [0.29, 0.717) is 6.42 Å². The maximum absolute atomic E-state index is 14.1. The van der Waals surface area contributed by atoms with Crippen molar-refractivity contribution in [1.29, 1.82) is 0 Å². The minimum atomic E-state index is -2.00. The maximum atomic E-state index is 14.1. The Kier molecular flexibility index (Phi) is 33.3. The van der Waals surface area contributed by atoms with Gasteiger partial charge in [-0.1, -0.05) is 27.7 Å². The predicted molar refractivity (Wildman–Crippen MR) is 296 cm³/mol. The molecule has 86 heavy (non-hydrogen) atoms. The lowest BCUT2D eigenvalue weighted by Crippen LogP contribution is -2.62. The minimum absolute atomic E-state index is 0.0216. The normalized spacial score (nSPS) is 14.9. The molecule has 26 N–H and O–H groups in total. The number of aromatic amines is 1. The van der Waals surface area contributed by atoms with Crippen LogP contribution in [0.3, 0.4) is 0 Å². The first-order valence-electron chi connectivity index (χ1n) is 26.9. The van der Waals surface area contributed by atoms with Crippen molar-refractivity contribution in [2.45, 2.75) is 152 Å². The highest BCUT2D eigenvalue weighted by Gasteiger charge is 2.36. The van der Waals surface area contributed by atoms with Crippen LogP contribution >= 0.6 is 0 Å². The first-order chi connectivity index (χ1) is 40.3. The van der Waals surface area contributed by atoms with Crippen LogP contribution in [0.5, 0.6) is 0 Å². The largest absolute Gasteiger partial charge is 0.480 e. The van der Waals surface area contributed by atoms with Crippen LogP contribution < -0.4 is 87.2 Å². The van der Waals surface area contributed by atoms with Crippen molar-refractivity contribution in [2.75, 3.05) is 32.9 Å². The van der Waals surface area contributed by atoms with Gasteiger partial charge < -0.3 is 113 Å². The van der Waals surface area contributed by atoms with E-state index in [9.17, 15) is 92.3 Å². The Morgan fingerprint density at radius 1 is 0.512 bits per heavy atom. The Morgan fingerprint density at radius 2 is 0.953 bits per heavy atom. The Bertz CT molecular complexity index is 2540. The van der Waals surface area contributed by atoms with Gasteiger partial charge in [-0.05, 0) is 51.0 Å². The van der Waals surface area contributed by atoms with E-state index >= 15 is 0 Å². The summed E-state index contributed by atoms with van der Waals surface area (Å²) in [7, 11) is 0. The summed E-state index contributed by atoms with van der Waals surface area (Å²) in [5, 5.41) is 64.3. The second-order valence-corrected chi connectivity index (χ2v) is 20.4. The third-order valence-electron chi connectivity index (χ3n) is 12.2. The number of nitrogens with zero attached hydrogens (tertiary/aromatic N) is 1. The molecule has 11 atom stereocenters. The van der Waals surface area contributed by atoms with Gasteiger partial charge in [0.05, 0.1) is 58.0 Å². The van der Waals surface area contributed by atoms with E-state index in [1.165, 1.54) is 33.3 Å². The van der Waals surface area contributed by atoms with Crippen LogP contribution in [0.4, 0.5) is 0 Å². The third kappa shape index (κ3) is 27.6. The van der Waals surface area contributed by atoms with E-state index in [1.54, 1.807) is 13.8 Å². The Labute approximate surface area is 492 Å². The zero-order chi connectivity index (χ0) is 65.5. The van der Waals surface area contributed by atoms with Gasteiger partial charge in [0.25, 0.3) is 0 Å². The number of amides is 14. The highest BCUT2D eigenvalue weighted by atomic mass is 16.4. The van der Waals surface area contributed by atoms with E-state index in [-0.39, 0.29) is 43.8 Å². The molecule has 1 heterocycles. The standard InChI is InChI=1S/C49H82N18O19/c1-21(2)10-27(61-40(76)25(51)12-34(52)71)43(79)64-32(18-69)46(82)66-33(19-70)47(83)65-31(17-68)45(81)63-29(13-35(53)72)44(80)60-26(8-6-7-9-50)41(77)62-28(11-24-15-55-20-57-24)42(78)58-23(5)39(75)67-38(22(3)4)48(84)56-16-37(74)59-30(49(85)86)14-36(54)73/h15,20-23,25-33,38,68-70H,6-14,16-19,50-51H2,1-5H3,(H2,52,71)(H2,53,72)(H2,54,73)(H,55,57)(H,56,84)(H,58,78)(H,59,74)(H,60,80)(H,61,76)(H,62,77)(H,63,81)(H,64,79)(H,65,83)(H,66,82)(H,67,75)(H,85,86)/t23-,25-,26-,27-,28-,29-,30-,31-,32-,33-,38-/m0/s1. The molecule has 37 heteroatoms. The number of carboxylic acids is 1. The van der Waals surface area contributed by atoms with Gasteiger partial charge in [0.2, 0.25) is 82.7 Å². The summed E-state index contributed by atoms with van der Waals surface area (Å²) in [5.74, 6) is -17.5. The van der Waals surface area contributed by atoms with Crippen LogP contribution in [-0.2, 0) is 78.3 Å². The van der Waals surface area contributed by atoms with Crippen LogP contribution in [0.25, 0.3) is 0 Å². The summed E-state index contributed by atoms with van der Waals surface area (Å²) in [6, 6.07) is -18.0. The lowest BCUT2D eigenvalue weighted by molar-refractivity contribution is -0.143. The molecule has 1 aromatic heterocycles. The van der Waals surface area contributed by atoms with E-state index in [2.05, 4.69) is 57.8 Å². The number of carbonyl (C=O) groups excluding carboxylic acids is 14. The number of H-pyrrole nitrogens is 1. The summed E-state index contributed by atoms with van der Waals surface area (Å²) >= 11 is 0. The fourth-order valence-electron chi connectivity index (χ4n) is 7.62. The van der Waals surface area contributed by atoms with Gasteiger partial charge in [-0.15, -0.1) is 0 Å². The number of hydrogen-bond donors (Lipinski definition) is 21. The van der Waals surface area contributed by atoms with Crippen molar-refractivity contribution in [3.63, 3.8) is 0 Å². The number of hydrogen-bond acceptors (Lipinski definition) is 21. The van der Waals surface area contributed by atoms with Crippen LogP contribution in [0, 0.1) is 11.8 Å². The third-order valence-corrected chi connectivity index (χ3v) is 12.2. The summed E-state index contributed by atoms with van der Waals surface area (Å²) in [5.41, 5.74) is 27.2. The van der Waals surface area contributed by atoms with Gasteiger partial charge in [-0.2, -0.15) is 0 Å². The maximum Gasteiger partial charge on any atom is 0.326 e. The van der Waals surface area contributed by atoms with Gasteiger partial charge in [0.1, 0.15) is 60.4 Å². The van der Waals surface area contributed by atoms with Gasteiger partial charge >= 0.3 is 5.97 Å². The quantitative estimate of drug-likeness (QED) is 0.0271. The second kappa shape index (κ2) is 38.1. The van der Waals surface area contributed by atoms with Crippen molar-refractivity contribution in [3.05, 3.63) is 18.2 Å². The van der Waals surface area contributed by atoms with Gasteiger partial charge in [0, 0.05) is 18.3 Å². The van der Waals surface area contributed by atoms with Crippen molar-refractivity contribution in [2.24, 2.45) is 40.5 Å². The molecule has 0 aliphatic carbocycles. The van der Waals surface area contributed by atoms with E-state index in [4.69, 9.17) is 28.7 Å². The highest BCUT2D eigenvalue weighted by molar-refractivity contribution is 6.00. The SMILES string of the molecule is CC(C)C[C@H](NC(=O)[C@@H](N)CC(N)=O)C(=O)N[C@@H](CO)C(=O)N[C@@H](CO)C(=O)N[C@@H](CO)C(=O)N[C@@H](CC(N)=O)C(=O)N[C@@H](CCCCN)C(=O)N[C@@H](Cc1cnc[nH]1)C(=O)N[C@@H](C)C(=O)N[C@H](C(=O)NCC(=O)N[C@@H](CC(N)=O)C(=O)O)C(C)C. The van der Waals surface area contributed by atoms with Gasteiger partial charge in [-0.3, -0.25) is 67.1 Å². The fourth-order valence-corrected chi connectivity index (χ4v) is 7.62. The van der Waals surface area contributed by atoms with Crippen LogP contribution in [0.1, 0.15) is 85.3 Å². The highest BCUT2D eigenvalue weighted by Crippen LogP contribution is 2.10. The molecule has 37 nitrogen and oxygen atoms in total. The number of rotatable bonds is 41. The molecular weight excluding hydrogens is 1140 g/mol. The van der Waals surface area contributed by atoms with E-state index in [0.717, 1.165) is 0 Å². The molecule has 0 bridgehead atoms. The van der Waals surface area contributed by atoms with Crippen molar-refractivity contribution < 1.29 is 92.3 Å². The number of carboxylic acid groups (broad SMARTS) is 1. The lowest BCUT2D eigenvalue weighted by Gasteiger charge is -2.27. The average molecular weight is 1230 g/mol. The molecule has 0 saturated heterocycles. The van der Waals surface area contributed by atoms with Crippen LogP contribution in [0.15, 0.2) is 12.5 Å². The Morgan fingerprint density at radius 3 is 1.41 bits per heavy atom. The first-order valence-corrected chi connectivity index (χ1v) is 26.9. The summed E-state index contributed by atoms with van der Waals surface area (Å²) in [6.45, 7) is 3.54. The fraction of sp³-hybridized carbons (Fsp3) is 0.633. The molecule has 1 aromatic rings. The number of aliphatic hydroxyl groups is 3. The number of unbranched alkanes of at least 4 members (excludes halogenated alkanes) is 1. The Hall–Kier alpha value is -8.94. The lowest BCUT2D eigenvalue weighted by atomic mass is 10.0. The number of nitrogens with two attached hydrogens (primary N) is 5. The minimum Gasteiger partial charge on any atom is -0.480 e. The van der Waals surface area contributed by atoms with E-state index in [1.807, 2.05) is 10.6 Å². The number of imidazole rings is 1. The number of aliphatic carboxylic acids is 1. The number of nitrogens with one attached hydrogen (secondary N) is 12. The molecule has 0 spiro atoms. The molecule has 0 aliphatic rings. The monoisotopic (exact) mass is 1230 g/mol. The molecule has 0 fully saturated rings. The van der Waals surface area contributed by atoms with Crippen LogP contribution in [0.2, 0.25) is 0 Å². The zero-order valence-corrected chi connectivity index (χ0v) is 48.1. The van der Waals surface area contributed by atoms with Gasteiger partial charge in [-0.25, -0.2) is 9.78 Å². The molecule has 0 radical (unpaired) electrons. The molecular formula is C49H82N18O19.